The Morgan fingerprint density at radius 2 is 2.27 bits per heavy atom. The zero-order valence-corrected chi connectivity index (χ0v) is 8.97. The zero-order valence-electron chi connectivity index (χ0n) is 8.97. The van der Waals surface area contributed by atoms with E-state index in [1.54, 1.807) is 6.20 Å². The largest absolute Gasteiger partial charge is 0.349 e. The molecule has 2 heterocycles. The summed E-state index contributed by atoms with van der Waals surface area (Å²) in [4.78, 5) is 23.5. The fraction of sp³-hybridized carbons (Fsp3) is 0.500. The first kappa shape index (κ1) is 9.89. The number of hydrogen-bond acceptors (Lipinski definition) is 5. The molecule has 0 N–H and O–H groups in total. The van der Waals surface area contributed by atoms with Crippen LogP contribution in [0.3, 0.4) is 0 Å². The van der Waals surface area contributed by atoms with Crippen LogP contribution in [0.5, 0.6) is 0 Å². The lowest BCUT2D eigenvalue weighted by Gasteiger charge is -2.17. The van der Waals surface area contributed by atoms with Crippen LogP contribution in [0.1, 0.15) is 6.42 Å². The van der Waals surface area contributed by atoms with Gasteiger partial charge < -0.3 is 9.80 Å². The lowest BCUT2D eigenvalue weighted by Crippen LogP contribution is -2.22. The van der Waals surface area contributed by atoms with E-state index in [0.717, 1.165) is 12.4 Å². The average Bonchev–Trinajstić information content (AvgIpc) is 2.65. The minimum Gasteiger partial charge on any atom is -0.349 e. The maximum absolute atomic E-state index is 11.2. The molecule has 1 fully saturated rings. The average molecular weight is 206 g/mol. The van der Waals surface area contributed by atoms with E-state index in [0.29, 0.717) is 18.9 Å². The van der Waals surface area contributed by atoms with Gasteiger partial charge in [-0.25, -0.2) is 4.98 Å². The van der Waals surface area contributed by atoms with E-state index in [1.165, 1.54) is 0 Å². The standard InChI is InChI=1S/C10H14N4O/c1-13(2)10-11-5-3-9(12-10)14-6-4-8(15)7-14/h3,5H,4,6-7H2,1-2H3. The van der Waals surface area contributed by atoms with Gasteiger partial charge in [-0.15, -0.1) is 0 Å². The third kappa shape index (κ3) is 2.06. The molecule has 0 spiro atoms. The minimum atomic E-state index is 0.278. The van der Waals surface area contributed by atoms with Crippen LogP contribution in [-0.4, -0.2) is 42.9 Å². The Morgan fingerprint density at radius 3 is 2.87 bits per heavy atom. The van der Waals surface area contributed by atoms with E-state index in [4.69, 9.17) is 0 Å². The summed E-state index contributed by atoms with van der Waals surface area (Å²) in [6.45, 7) is 1.24. The first-order chi connectivity index (χ1) is 7.16. The van der Waals surface area contributed by atoms with Crippen molar-refractivity contribution in [3.63, 3.8) is 0 Å². The highest BCUT2D eigenvalue weighted by atomic mass is 16.1. The summed E-state index contributed by atoms with van der Waals surface area (Å²) in [6.07, 6.45) is 2.35. The predicted octanol–water partition coefficient (Wildman–Crippen LogP) is 0.322. The number of aromatic nitrogens is 2. The fourth-order valence-corrected chi connectivity index (χ4v) is 1.56. The summed E-state index contributed by atoms with van der Waals surface area (Å²) in [5, 5.41) is 0. The highest BCUT2D eigenvalue weighted by Crippen LogP contribution is 2.17. The number of hydrogen-bond donors (Lipinski definition) is 0. The van der Waals surface area contributed by atoms with Crippen molar-refractivity contribution < 1.29 is 4.79 Å². The maximum Gasteiger partial charge on any atom is 0.226 e. The second kappa shape index (κ2) is 3.84. The zero-order chi connectivity index (χ0) is 10.8. The first-order valence-electron chi connectivity index (χ1n) is 4.94. The number of rotatable bonds is 2. The summed E-state index contributed by atoms with van der Waals surface area (Å²) < 4.78 is 0. The van der Waals surface area contributed by atoms with Gasteiger partial charge in [0, 0.05) is 33.3 Å². The quantitative estimate of drug-likeness (QED) is 0.697. The Bertz CT molecular complexity index is 377. The lowest BCUT2D eigenvalue weighted by atomic mass is 10.4. The number of anilines is 2. The molecule has 0 radical (unpaired) electrons. The monoisotopic (exact) mass is 206 g/mol. The van der Waals surface area contributed by atoms with E-state index >= 15 is 0 Å². The molecule has 0 aliphatic carbocycles. The molecule has 80 valence electrons. The van der Waals surface area contributed by atoms with Gasteiger partial charge in [0.05, 0.1) is 6.54 Å². The predicted molar refractivity (Wildman–Crippen MR) is 58.2 cm³/mol. The van der Waals surface area contributed by atoms with Crippen LogP contribution in [0.25, 0.3) is 0 Å². The lowest BCUT2D eigenvalue weighted by molar-refractivity contribution is -0.116. The second-order valence-corrected chi connectivity index (χ2v) is 3.82. The Kier molecular flexibility index (Phi) is 2.53. The Hall–Kier alpha value is -1.65. The molecule has 0 bridgehead atoms. The van der Waals surface area contributed by atoms with Gasteiger partial charge in [0.15, 0.2) is 5.78 Å². The third-order valence-corrected chi connectivity index (χ3v) is 2.38. The van der Waals surface area contributed by atoms with Gasteiger partial charge in [0.2, 0.25) is 5.95 Å². The summed E-state index contributed by atoms with van der Waals surface area (Å²) in [5.74, 6) is 1.78. The molecule has 5 nitrogen and oxygen atoms in total. The van der Waals surface area contributed by atoms with Gasteiger partial charge in [0.1, 0.15) is 5.82 Å². The molecule has 0 unspecified atom stereocenters. The van der Waals surface area contributed by atoms with Gasteiger partial charge in [-0.2, -0.15) is 4.98 Å². The van der Waals surface area contributed by atoms with Crippen LogP contribution in [0.2, 0.25) is 0 Å². The molecule has 5 heteroatoms. The number of carbonyl (C=O) groups is 1. The van der Waals surface area contributed by atoms with Crippen molar-refractivity contribution in [3.8, 4) is 0 Å². The van der Waals surface area contributed by atoms with Gasteiger partial charge in [-0.3, -0.25) is 4.79 Å². The molecule has 0 saturated carbocycles. The van der Waals surface area contributed by atoms with Crippen LogP contribution >= 0.6 is 0 Å². The van der Waals surface area contributed by atoms with E-state index in [2.05, 4.69) is 9.97 Å². The Balaban J connectivity index is 2.21. The van der Waals surface area contributed by atoms with Gasteiger partial charge in [-0.05, 0) is 6.07 Å². The molecule has 1 aliphatic heterocycles. The molecule has 1 saturated heterocycles. The van der Waals surface area contributed by atoms with Crippen molar-refractivity contribution in [3.05, 3.63) is 12.3 Å². The maximum atomic E-state index is 11.2. The van der Waals surface area contributed by atoms with E-state index in [1.807, 2.05) is 30.0 Å². The molecule has 2 rings (SSSR count). The number of carbonyl (C=O) groups excluding carboxylic acids is 1. The molecule has 0 aromatic carbocycles. The van der Waals surface area contributed by atoms with E-state index in [-0.39, 0.29) is 5.78 Å². The van der Waals surface area contributed by atoms with Gasteiger partial charge in [-0.1, -0.05) is 0 Å². The molecule has 15 heavy (non-hydrogen) atoms. The van der Waals surface area contributed by atoms with Crippen molar-refractivity contribution in [2.24, 2.45) is 0 Å². The number of ketones is 1. The highest BCUT2D eigenvalue weighted by molar-refractivity contribution is 5.86. The molecule has 0 atom stereocenters. The van der Waals surface area contributed by atoms with Crippen LogP contribution in [0.4, 0.5) is 11.8 Å². The normalized spacial score (nSPS) is 15.9. The number of Topliss-reactive ketones (excluding diaryl/α,β-unsaturated/α-hetero) is 1. The van der Waals surface area contributed by atoms with Crippen molar-refractivity contribution in [2.75, 3.05) is 37.0 Å². The highest BCUT2D eigenvalue weighted by Gasteiger charge is 2.20. The summed E-state index contributed by atoms with van der Waals surface area (Å²) in [7, 11) is 3.79. The van der Waals surface area contributed by atoms with Crippen molar-refractivity contribution in [1.82, 2.24) is 9.97 Å². The molecular formula is C10H14N4O. The van der Waals surface area contributed by atoms with Crippen molar-refractivity contribution >= 4 is 17.5 Å². The summed E-state index contributed by atoms with van der Waals surface area (Å²) in [5.41, 5.74) is 0. The number of nitrogens with zero attached hydrogens (tertiary/aromatic N) is 4. The second-order valence-electron chi connectivity index (χ2n) is 3.82. The summed E-state index contributed by atoms with van der Waals surface area (Å²) in [6, 6.07) is 1.84. The molecule has 1 aromatic rings. The molecule has 0 amide bonds. The third-order valence-electron chi connectivity index (χ3n) is 2.38. The van der Waals surface area contributed by atoms with E-state index in [9.17, 15) is 4.79 Å². The van der Waals surface area contributed by atoms with Crippen molar-refractivity contribution in [1.29, 1.82) is 0 Å². The van der Waals surface area contributed by atoms with Crippen LogP contribution in [-0.2, 0) is 4.79 Å². The Labute approximate surface area is 88.7 Å². The smallest absolute Gasteiger partial charge is 0.226 e. The van der Waals surface area contributed by atoms with Crippen LogP contribution in [0.15, 0.2) is 12.3 Å². The molecular weight excluding hydrogens is 192 g/mol. The van der Waals surface area contributed by atoms with Gasteiger partial charge >= 0.3 is 0 Å². The van der Waals surface area contributed by atoms with Crippen LogP contribution < -0.4 is 9.80 Å². The van der Waals surface area contributed by atoms with Crippen molar-refractivity contribution in [2.45, 2.75) is 6.42 Å². The van der Waals surface area contributed by atoms with Gasteiger partial charge in [0.25, 0.3) is 0 Å². The SMILES string of the molecule is CN(C)c1nccc(N2CCC(=O)C2)n1. The molecule has 1 aromatic heterocycles. The Morgan fingerprint density at radius 1 is 1.47 bits per heavy atom. The van der Waals surface area contributed by atoms with E-state index < -0.39 is 0 Å². The summed E-state index contributed by atoms with van der Waals surface area (Å²) >= 11 is 0. The fourth-order valence-electron chi connectivity index (χ4n) is 1.56. The topological polar surface area (TPSA) is 49.3 Å². The minimum absolute atomic E-state index is 0.278. The first-order valence-corrected chi connectivity index (χ1v) is 4.94. The van der Waals surface area contributed by atoms with Crippen LogP contribution in [0, 0.1) is 0 Å². The molecule has 1 aliphatic rings.